The Bertz CT molecular complexity index is 1580. The van der Waals surface area contributed by atoms with Crippen LogP contribution in [0.4, 0.5) is 0 Å². The first-order valence-corrected chi connectivity index (χ1v) is 14.4. The van der Waals surface area contributed by atoms with Crippen molar-refractivity contribution in [3.8, 4) is 33.5 Å². The molecule has 1 saturated carbocycles. The summed E-state index contributed by atoms with van der Waals surface area (Å²) in [7, 11) is 0. The summed E-state index contributed by atoms with van der Waals surface area (Å²) >= 11 is 1.54. The number of carbonyl (C=O) groups is 2. The van der Waals surface area contributed by atoms with Gasteiger partial charge in [-0.3, -0.25) is 9.59 Å². The van der Waals surface area contributed by atoms with Gasteiger partial charge in [0, 0.05) is 61.1 Å². The van der Waals surface area contributed by atoms with Crippen LogP contribution in [0.2, 0.25) is 0 Å². The number of hydrogen-bond donors (Lipinski definition) is 0. The Labute approximate surface area is 235 Å². The summed E-state index contributed by atoms with van der Waals surface area (Å²) in [4.78, 5) is 33.3. The number of rotatable bonds is 8. The van der Waals surface area contributed by atoms with Crippen LogP contribution < -0.4 is 4.74 Å². The van der Waals surface area contributed by atoms with E-state index < -0.39 is 0 Å². The van der Waals surface area contributed by atoms with Crippen LogP contribution in [0, 0.1) is 6.92 Å². The normalized spacial score (nSPS) is 19.2. The maximum atomic E-state index is 12.4. The molecule has 204 valence electrons. The fourth-order valence-electron chi connectivity index (χ4n) is 5.36. The molecule has 4 heterocycles. The average Bonchev–Trinajstić information content (AvgIpc) is 3.29. The van der Waals surface area contributed by atoms with Crippen LogP contribution in [0.5, 0.6) is 11.5 Å². The van der Waals surface area contributed by atoms with Crippen LogP contribution in [0.1, 0.15) is 54.4 Å². The predicted molar refractivity (Wildman–Crippen MR) is 147 cm³/mol. The number of amides is 2. The quantitative estimate of drug-likeness (QED) is 0.299. The van der Waals surface area contributed by atoms with Gasteiger partial charge in [0.05, 0.1) is 0 Å². The summed E-state index contributed by atoms with van der Waals surface area (Å²) in [6.07, 6.45) is 4.02. The Morgan fingerprint density at radius 2 is 1.88 bits per heavy atom. The first-order chi connectivity index (χ1) is 19.5. The largest absolute Gasteiger partial charge is 0.457 e. The van der Waals surface area contributed by atoms with E-state index in [2.05, 4.69) is 20.3 Å². The van der Waals surface area contributed by atoms with E-state index in [9.17, 15) is 9.59 Å². The molecule has 4 aromatic rings. The van der Waals surface area contributed by atoms with Crippen molar-refractivity contribution in [3.63, 3.8) is 0 Å². The van der Waals surface area contributed by atoms with E-state index in [0.717, 1.165) is 52.5 Å². The van der Waals surface area contributed by atoms with E-state index in [1.165, 1.54) is 0 Å². The second-order valence-corrected chi connectivity index (χ2v) is 11.8. The zero-order valence-electron chi connectivity index (χ0n) is 22.1. The molecule has 1 atom stereocenters. The minimum atomic E-state index is -0.0582. The Morgan fingerprint density at radius 1 is 1.05 bits per heavy atom. The van der Waals surface area contributed by atoms with Gasteiger partial charge >= 0.3 is 0 Å². The van der Waals surface area contributed by atoms with Gasteiger partial charge in [-0.15, -0.1) is 10.2 Å². The van der Waals surface area contributed by atoms with Gasteiger partial charge in [0.1, 0.15) is 21.5 Å². The molecule has 3 fully saturated rings. The maximum absolute atomic E-state index is 12.4. The molecule has 0 bridgehead atoms. The summed E-state index contributed by atoms with van der Waals surface area (Å²) in [5, 5.41) is 14.3. The van der Waals surface area contributed by atoms with Gasteiger partial charge in [-0.05, 0) is 62.6 Å². The lowest BCUT2D eigenvalue weighted by Crippen LogP contribution is -2.27. The third-order valence-corrected chi connectivity index (χ3v) is 8.54. The molecule has 2 aromatic carbocycles. The Balaban J connectivity index is 1.15. The Hall–Kier alpha value is -4.12. The molecular formula is C29H28N6O4S. The predicted octanol–water partition coefficient (Wildman–Crippen LogP) is 4.96. The van der Waals surface area contributed by atoms with Crippen molar-refractivity contribution in [2.75, 3.05) is 13.1 Å². The molecule has 40 heavy (non-hydrogen) atoms. The summed E-state index contributed by atoms with van der Waals surface area (Å²) in [6, 6.07) is 13.8. The van der Waals surface area contributed by atoms with Crippen molar-refractivity contribution < 1.29 is 18.8 Å². The van der Waals surface area contributed by atoms with Crippen LogP contribution in [0.25, 0.3) is 22.0 Å². The highest BCUT2D eigenvalue weighted by Gasteiger charge is 2.41. The van der Waals surface area contributed by atoms with Gasteiger partial charge in [0.25, 0.3) is 5.89 Å². The monoisotopic (exact) mass is 556 g/mol. The van der Waals surface area contributed by atoms with E-state index in [1.54, 1.807) is 11.3 Å². The minimum absolute atomic E-state index is 0.0582. The number of benzene rings is 2. The van der Waals surface area contributed by atoms with Gasteiger partial charge in [-0.1, -0.05) is 22.6 Å². The topological polar surface area (TPSA) is 115 Å². The van der Waals surface area contributed by atoms with Crippen molar-refractivity contribution >= 4 is 23.2 Å². The number of likely N-dealkylation sites (tertiary alicyclic amines) is 2. The van der Waals surface area contributed by atoms with Crippen molar-refractivity contribution in [2.24, 2.45) is 0 Å². The second kappa shape index (κ2) is 10.1. The Kier molecular flexibility index (Phi) is 6.30. The zero-order chi connectivity index (χ0) is 27.2. The van der Waals surface area contributed by atoms with E-state index in [1.807, 2.05) is 59.2 Å². The number of aryl methyl sites for hydroxylation is 1. The molecule has 7 rings (SSSR count). The molecule has 2 amide bonds. The third-order valence-electron chi connectivity index (χ3n) is 7.65. The smallest absolute Gasteiger partial charge is 0.258 e. The summed E-state index contributed by atoms with van der Waals surface area (Å²) in [5.41, 5.74) is 2.58. The summed E-state index contributed by atoms with van der Waals surface area (Å²) < 4.78 is 12.0. The molecular weight excluding hydrogens is 528 g/mol. The second-order valence-electron chi connectivity index (χ2n) is 10.6. The molecule has 11 heteroatoms. The highest BCUT2D eigenvalue weighted by molar-refractivity contribution is 7.14. The molecule has 2 aliphatic heterocycles. The fourth-order valence-corrected chi connectivity index (χ4v) is 6.05. The van der Waals surface area contributed by atoms with Crippen LogP contribution in [-0.2, 0) is 16.1 Å². The van der Waals surface area contributed by atoms with Crippen molar-refractivity contribution in [2.45, 2.75) is 57.5 Å². The number of aromatic nitrogens is 4. The van der Waals surface area contributed by atoms with E-state index in [0.29, 0.717) is 55.2 Å². The molecule has 2 aromatic heterocycles. The number of carbonyl (C=O) groups excluding carboxylic acids is 2. The summed E-state index contributed by atoms with van der Waals surface area (Å²) in [6.45, 7) is 3.78. The van der Waals surface area contributed by atoms with Gasteiger partial charge in [-0.25, -0.2) is 0 Å². The summed E-state index contributed by atoms with van der Waals surface area (Å²) in [5.74, 6) is 2.48. The van der Waals surface area contributed by atoms with Gasteiger partial charge in [0.15, 0.2) is 5.82 Å². The van der Waals surface area contributed by atoms with Crippen molar-refractivity contribution in [1.82, 2.24) is 30.1 Å². The number of hydrogen-bond acceptors (Lipinski definition) is 9. The molecule has 3 aliphatic rings. The van der Waals surface area contributed by atoms with E-state index in [4.69, 9.17) is 9.26 Å². The van der Waals surface area contributed by atoms with Crippen LogP contribution in [0.15, 0.2) is 47.0 Å². The van der Waals surface area contributed by atoms with Crippen LogP contribution >= 0.6 is 11.3 Å². The first-order valence-electron chi connectivity index (χ1n) is 13.6. The van der Waals surface area contributed by atoms with Crippen LogP contribution in [0.3, 0.4) is 0 Å². The van der Waals surface area contributed by atoms with Gasteiger partial charge in [0.2, 0.25) is 11.8 Å². The SMILES string of the molecule is Cc1nnc(-c2ccc(Oc3cc(-c4nc([C@@H]5CC(=O)N(C6CC6)C5)no4)ccc3CN3CCCC3=O)cc2)s1. The molecule has 1 aliphatic carbocycles. The van der Waals surface area contributed by atoms with Crippen molar-refractivity contribution in [1.29, 1.82) is 0 Å². The first kappa shape index (κ1) is 24.9. The van der Waals surface area contributed by atoms with Crippen LogP contribution in [-0.4, -0.2) is 61.1 Å². The minimum Gasteiger partial charge on any atom is -0.457 e. The van der Waals surface area contributed by atoms with Gasteiger partial charge in [-0.2, -0.15) is 4.98 Å². The average molecular weight is 557 g/mol. The zero-order valence-corrected chi connectivity index (χ0v) is 22.9. The fraction of sp³-hybridized carbons (Fsp3) is 0.379. The lowest BCUT2D eigenvalue weighted by atomic mass is 10.1. The lowest BCUT2D eigenvalue weighted by Gasteiger charge is -2.19. The van der Waals surface area contributed by atoms with E-state index >= 15 is 0 Å². The molecule has 0 radical (unpaired) electrons. The molecule has 0 spiro atoms. The molecule has 0 unspecified atom stereocenters. The highest BCUT2D eigenvalue weighted by atomic mass is 32.1. The lowest BCUT2D eigenvalue weighted by molar-refractivity contribution is -0.129. The number of ether oxygens (including phenoxy) is 1. The maximum Gasteiger partial charge on any atom is 0.258 e. The Morgan fingerprint density at radius 3 is 2.60 bits per heavy atom. The molecule has 2 saturated heterocycles. The van der Waals surface area contributed by atoms with Gasteiger partial charge < -0.3 is 19.1 Å². The highest BCUT2D eigenvalue weighted by Crippen LogP contribution is 2.37. The standard InChI is InChI=1S/C29H28N6O4S/c1-17-31-32-29(40-17)18-6-10-23(11-7-18)38-24-13-19(4-5-20(24)15-34-12-2-3-25(34)36)28-30-27(33-39-28)21-14-26(37)35(16-21)22-8-9-22/h4-7,10-11,13,21-22H,2-3,8-9,12,14-16H2,1H3/t21-/m1/s1. The van der Waals surface area contributed by atoms with Crippen molar-refractivity contribution in [3.05, 3.63) is 58.9 Å². The van der Waals surface area contributed by atoms with E-state index in [-0.39, 0.29) is 17.7 Å². The third kappa shape index (κ3) is 4.97. The molecule has 10 nitrogen and oxygen atoms in total. The number of nitrogens with zero attached hydrogens (tertiary/aromatic N) is 6. The molecule has 0 N–H and O–H groups in total.